The van der Waals surface area contributed by atoms with E-state index in [-0.39, 0.29) is 0 Å². The van der Waals surface area contributed by atoms with Gasteiger partial charge in [-0.1, -0.05) is 17.7 Å². The fourth-order valence-electron chi connectivity index (χ4n) is 0.848. The Balaban J connectivity index is 2.81. The zero-order chi connectivity index (χ0) is 8.43. The van der Waals surface area contributed by atoms with Crippen molar-refractivity contribution in [3.05, 3.63) is 33.4 Å². The minimum Gasteiger partial charge on any atom is -0.318 e. The van der Waals surface area contributed by atoms with Crippen LogP contribution in [0.5, 0.6) is 0 Å². The van der Waals surface area contributed by atoms with Gasteiger partial charge in [-0.05, 0) is 6.08 Å². The molecule has 5 heteroatoms. The summed E-state index contributed by atoms with van der Waals surface area (Å²) in [5.41, 5.74) is 5.41. The van der Waals surface area contributed by atoms with Crippen molar-refractivity contribution in [1.29, 1.82) is 0 Å². The Morgan fingerprint density at radius 2 is 2.36 bits per heavy atom. The molecule has 0 bridgehead atoms. The number of nitro groups is 1. The van der Waals surface area contributed by atoms with Gasteiger partial charge < -0.3 is 5.73 Å². The number of halogens is 1. The molecule has 0 aromatic rings. The van der Waals surface area contributed by atoms with Crippen LogP contribution in [0.15, 0.2) is 23.3 Å². The quantitative estimate of drug-likeness (QED) is 0.469. The number of hydrogen-bond acceptors (Lipinski definition) is 3. The molecule has 0 radical (unpaired) electrons. The van der Waals surface area contributed by atoms with Crippen molar-refractivity contribution in [2.45, 2.75) is 12.1 Å². The Morgan fingerprint density at radius 1 is 1.73 bits per heavy atom. The van der Waals surface area contributed by atoms with Gasteiger partial charge in [0.2, 0.25) is 0 Å². The third kappa shape index (κ3) is 1.78. The molecule has 60 valence electrons. The van der Waals surface area contributed by atoms with Crippen molar-refractivity contribution in [3.63, 3.8) is 0 Å². The molecule has 0 aromatic carbocycles. The molecule has 0 heterocycles. The molecule has 11 heavy (non-hydrogen) atoms. The second-order valence-corrected chi connectivity index (χ2v) is 2.70. The lowest BCUT2D eigenvalue weighted by Crippen LogP contribution is -2.38. The highest BCUT2D eigenvalue weighted by Crippen LogP contribution is 2.14. The molecule has 1 aliphatic carbocycles. The summed E-state index contributed by atoms with van der Waals surface area (Å²) in [6, 6.07) is -1.44. The first-order valence-corrected chi connectivity index (χ1v) is 3.43. The first kappa shape index (κ1) is 8.23. The molecule has 0 fully saturated rings. The normalized spacial score (nSPS) is 29.8. The fourth-order valence-corrected chi connectivity index (χ4v) is 1.05. The van der Waals surface area contributed by atoms with E-state index in [1.165, 1.54) is 12.2 Å². The topological polar surface area (TPSA) is 69.2 Å². The van der Waals surface area contributed by atoms with E-state index in [0.717, 1.165) is 0 Å². The fraction of sp³-hybridized carbons (Fsp3) is 0.333. The zero-order valence-electron chi connectivity index (χ0n) is 5.61. The molecule has 2 N–H and O–H groups in total. The molecule has 2 unspecified atom stereocenters. The van der Waals surface area contributed by atoms with Gasteiger partial charge in [0.15, 0.2) is 0 Å². The van der Waals surface area contributed by atoms with Crippen LogP contribution in [0.1, 0.15) is 0 Å². The Hall–Kier alpha value is -0.870. The van der Waals surface area contributed by atoms with E-state index < -0.39 is 17.0 Å². The van der Waals surface area contributed by atoms with Gasteiger partial charge in [0.25, 0.3) is 6.04 Å². The van der Waals surface area contributed by atoms with Gasteiger partial charge in [0, 0.05) is 16.0 Å². The van der Waals surface area contributed by atoms with Crippen molar-refractivity contribution in [2.24, 2.45) is 5.73 Å². The molecule has 0 aliphatic heterocycles. The van der Waals surface area contributed by atoms with Crippen LogP contribution in [-0.2, 0) is 0 Å². The number of hydrogen-bond donors (Lipinski definition) is 1. The van der Waals surface area contributed by atoms with Gasteiger partial charge in [-0.25, -0.2) is 0 Å². The summed E-state index contributed by atoms with van der Waals surface area (Å²) in [6.07, 6.45) is 4.42. The lowest BCUT2D eigenvalue weighted by molar-refractivity contribution is -0.510. The SMILES string of the molecule is NC1C=CC(Cl)=CC1[N+](=O)[O-]. The van der Waals surface area contributed by atoms with E-state index in [1.54, 1.807) is 6.08 Å². The highest BCUT2D eigenvalue weighted by molar-refractivity contribution is 6.31. The Bertz CT molecular complexity index is 237. The predicted molar refractivity (Wildman–Crippen MR) is 41.8 cm³/mol. The van der Waals surface area contributed by atoms with Crippen molar-refractivity contribution >= 4 is 11.6 Å². The van der Waals surface area contributed by atoms with Crippen LogP contribution in [0.25, 0.3) is 0 Å². The van der Waals surface area contributed by atoms with Crippen LogP contribution in [0.2, 0.25) is 0 Å². The van der Waals surface area contributed by atoms with Gasteiger partial charge in [-0.15, -0.1) is 0 Å². The summed E-state index contributed by atoms with van der Waals surface area (Å²) in [4.78, 5) is 9.85. The third-order valence-electron chi connectivity index (χ3n) is 1.45. The van der Waals surface area contributed by atoms with Crippen LogP contribution >= 0.6 is 11.6 Å². The minimum atomic E-state index is -0.882. The van der Waals surface area contributed by atoms with Gasteiger partial charge in [0.05, 0.1) is 6.04 Å². The highest BCUT2D eigenvalue weighted by atomic mass is 35.5. The minimum absolute atomic E-state index is 0.369. The van der Waals surface area contributed by atoms with E-state index in [4.69, 9.17) is 17.3 Å². The van der Waals surface area contributed by atoms with Crippen molar-refractivity contribution in [2.75, 3.05) is 0 Å². The second kappa shape index (κ2) is 3.02. The number of nitrogens with zero attached hydrogens (tertiary/aromatic N) is 1. The van der Waals surface area contributed by atoms with Crippen molar-refractivity contribution in [3.8, 4) is 0 Å². The highest BCUT2D eigenvalue weighted by Gasteiger charge is 2.26. The first-order chi connectivity index (χ1) is 5.11. The number of rotatable bonds is 1. The van der Waals surface area contributed by atoms with E-state index in [1.807, 2.05) is 0 Å². The average Bonchev–Trinajstić information content (AvgIpc) is 1.94. The van der Waals surface area contributed by atoms with Gasteiger partial charge >= 0.3 is 0 Å². The summed E-state index contributed by atoms with van der Waals surface area (Å²) in [7, 11) is 0. The first-order valence-electron chi connectivity index (χ1n) is 3.06. The standard InChI is InChI=1S/C6H7ClN2O2/c7-4-1-2-5(8)6(3-4)9(10)11/h1-3,5-6H,8H2. The summed E-state index contributed by atoms with van der Waals surface area (Å²) < 4.78 is 0. The van der Waals surface area contributed by atoms with E-state index in [9.17, 15) is 10.1 Å². The van der Waals surface area contributed by atoms with Crippen LogP contribution < -0.4 is 5.73 Å². The molecule has 2 atom stereocenters. The third-order valence-corrected chi connectivity index (χ3v) is 1.70. The molecular formula is C6H7ClN2O2. The predicted octanol–water partition coefficient (Wildman–Crippen LogP) is 0.651. The lowest BCUT2D eigenvalue weighted by Gasteiger charge is -2.13. The number of nitrogens with two attached hydrogens (primary N) is 1. The van der Waals surface area contributed by atoms with Crippen molar-refractivity contribution in [1.82, 2.24) is 0 Å². The maximum atomic E-state index is 10.3. The second-order valence-electron chi connectivity index (χ2n) is 2.26. The molecule has 0 saturated heterocycles. The van der Waals surface area contributed by atoms with Gasteiger partial charge in [0.1, 0.15) is 0 Å². The molecule has 0 spiro atoms. The average molecular weight is 175 g/mol. The van der Waals surface area contributed by atoms with E-state index >= 15 is 0 Å². The maximum absolute atomic E-state index is 10.3. The van der Waals surface area contributed by atoms with Gasteiger partial charge in [-0.3, -0.25) is 10.1 Å². The Morgan fingerprint density at radius 3 is 2.82 bits per heavy atom. The van der Waals surface area contributed by atoms with Crippen LogP contribution in [0.4, 0.5) is 0 Å². The van der Waals surface area contributed by atoms with Crippen LogP contribution in [0.3, 0.4) is 0 Å². The molecule has 1 aliphatic rings. The monoisotopic (exact) mass is 174 g/mol. The maximum Gasteiger partial charge on any atom is 0.251 e. The summed E-state index contributed by atoms with van der Waals surface area (Å²) >= 11 is 5.54. The largest absolute Gasteiger partial charge is 0.318 e. The molecule has 0 saturated carbocycles. The lowest BCUT2D eigenvalue weighted by atomic mass is 10.1. The number of allylic oxidation sites excluding steroid dienone is 2. The van der Waals surface area contributed by atoms with Gasteiger partial charge in [-0.2, -0.15) is 0 Å². The summed E-state index contributed by atoms with van der Waals surface area (Å²) in [5.74, 6) is 0. The smallest absolute Gasteiger partial charge is 0.251 e. The van der Waals surface area contributed by atoms with E-state index in [0.29, 0.717) is 5.03 Å². The van der Waals surface area contributed by atoms with Crippen molar-refractivity contribution < 1.29 is 4.92 Å². The Labute approximate surface area is 68.5 Å². The van der Waals surface area contributed by atoms with Crippen LogP contribution in [0, 0.1) is 10.1 Å². The molecule has 1 rings (SSSR count). The molecular weight excluding hydrogens is 168 g/mol. The molecule has 4 nitrogen and oxygen atoms in total. The molecule has 0 amide bonds. The molecule has 0 aromatic heterocycles. The summed E-state index contributed by atoms with van der Waals surface area (Å²) in [6.45, 7) is 0. The zero-order valence-corrected chi connectivity index (χ0v) is 6.36. The van der Waals surface area contributed by atoms with E-state index in [2.05, 4.69) is 0 Å². The Kier molecular flexibility index (Phi) is 2.26. The summed E-state index contributed by atoms with van der Waals surface area (Å²) in [5, 5.41) is 10.7. The van der Waals surface area contributed by atoms with Crippen LogP contribution in [-0.4, -0.2) is 17.0 Å².